The standard InChI is InChI=1S/C20H18ClN5O2/c1-11-3-4-12-9-16(21)14(8-13(12)7-11)17-15(10-22)19(23)25-6-2-5-24-20(25)18(17)26(27)28/h3-4,7-9,17,24H,2,5-6,23H2,1H3. The molecule has 8 heteroatoms. The Kier molecular flexibility index (Phi) is 4.36. The number of fused-ring (bicyclic) bond motifs is 2. The van der Waals surface area contributed by atoms with Crippen LogP contribution in [0.2, 0.25) is 5.02 Å². The molecule has 1 saturated heterocycles. The van der Waals surface area contributed by atoms with Gasteiger partial charge in [0.15, 0.2) is 5.82 Å². The molecule has 0 saturated carbocycles. The van der Waals surface area contributed by atoms with Crippen LogP contribution in [0.25, 0.3) is 10.8 Å². The number of nitrogens with one attached hydrogen (secondary N) is 1. The molecule has 0 bridgehead atoms. The predicted molar refractivity (Wildman–Crippen MR) is 107 cm³/mol. The monoisotopic (exact) mass is 395 g/mol. The van der Waals surface area contributed by atoms with E-state index in [0.29, 0.717) is 29.5 Å². The van der Waals surface area contributed by atoms with Gasteiger partial charge >= 0.3 is 0 Å². The molecule has 2 heterocycles. The fraction of sp³-hybridized carbons (Fsp3) is 0.250. The molecule has 0 aromatic heterocycles. The van der Waals surface area contributed by atoms with Crippen molar-refractivity contribution in [3.63, 3.8) is 0 Å². The van der Waals surface area contributed by atoms with Crippen LogP contribution in [0.15, 0.2) is 53.2 Å². The molecule has 2 aliphatic heterocycles. The molecule has 0 spiro atoms. The van der Waals surface area contributed by atoms with Crippen molar-refractivity contribution in [3.8, 4) is 6.07 Å². The van der Waals surface area contributed by atoms with Crippen LogP contribution in [0.3, 0.4) is 0 Å². The normalized spacial score (nSPS) is 19.3. The van der Waals surface area contributed by atoms with Gasteiger partial charge < -0.3 is 16.0 Å². The van der Waals surface area contributed by atoms with Gasteiger partial charge in [-0.3, -0.25) is 10.1 Å². The van der Waals surface area contributed by atoms with E-state index in [0.717, 1.165) is 22.8 Å². The summed E-state index contributed by atoms with van der Waals surface area (Å²) in [5.74, 6) is -0.354. The summed E-state index contributed by atoms with van der Waals surface area (Å²) in [5.41, 5.74) is 7.88. The zero-order valence-corrected chi connectivity index (χ0v) is 16.0. The summed E-state index contributed by atoms with van der Waals surface area (Å²) in [7, 11) is 0. The smallest absolute Gasteiger partial charge is 0.299 e. The molecule has 0 amide bonds. The maximum atomic E-state index is 12.1. The first kappa shape index (κ1) is 18.1. The number of benzene rings is 2. The summed E-state index contributed by atoms with van der Waals surface area (Å²) >= 11 is 6.54. The Balaban J connectivity index is 2.00. The lowest BCUT2D eigenvalue weighted by Gasteiger charge is -2.37. The Morgan fingerprint density at radius 3 is 2.86 bits per heavy atom. The summed E-state index contributed by atoms with van der Waals surface area (Å²) < 4.78 is 0. The average Bonchev–Trinajstić information content (AvgIpc) is 2.67. The van der Waals surface area contributed by atoms with Crippen molar-refractivity contribution in [2.45, 2.75) is 19.3 Å². The van der Waals surface area contributed by atoms with Crippen molar-refractivity contribution >= 4 is 22.4 Å². The van der Waals surface area contributed by atoms with Crippen molar-refractivity contribution in [2.75, 3.05) is 13.1 Å². The highest BCUT2D eigenvalue weighted by atomic mass is 35.5. The number of hydrogen-bond acceptors (Lipinski definition) is 6. The van der Waals surface area contributed by atoms with Crippen LogP contribution in [-0.4, -0.2) is 22.9 Å². The highest BCUT2D eigenvalue weighted by Gasteiger charge is 2.44. The molecule has 7 nitrogen and oxygen atoms in total. The Labute approximate surface area is 166 Å². The Morgan fingerprint density at radius 1 is 1.36 bits per heavy atom. The number of halogens is 1. The van der Waals surface area contributed by atoms with E-state index < -0.39 is 10.8 Å². The lowest BCUT2D eigenvalue weighted by atomic mass is 9.84. The van der Waals surface area contributed by atoms with E-state index in [1.54, 1.807) is 11.0 Å². The van der Waals surface area contributed by atoms with Gasteiger partial charge in [-0.15, -0.1) is 0 Å². The molecular weight excluding hydrogens is 378 g/mol. The third kappa shape index (κ3) is 2.74. The molecule has 1 unspecified atom stereocenters. The summed E-state index contributed by atoms with van der Waals surface area (Å²) in [5, 5.41) is 27.2. The van der Waals surface area contributed by atoms with Gasteiger partial charge in [0.2, 0.25) is 0 Å². The maximum Gasteiger partial charge on any atom is 0.299 e. The van der Waals surface area contributed by atoms with Crippen LogP contribution in [0.5, 0.6) is 0 Å². The van der Waals surface area contributed by atoms with E-state index in [4.69, 9.17) is 17.3 Å². The Bertz CT molecular complexity index is 1120. The first-order valence-corrected chi connectivity index (χ1v) is 9.29. The van der Waals surface area contributed by atoms with Crippen LogP contribution in [-0.2, 0) is 0 Å². The quantitative estimate of drug-likeness (QED) is 0.596. The molecule has 28 heavy (non-hydrogen) atoms. The fourth-order valence-electron chi connectivity index (χ4n) is 3.93. The van der Waals surface area contributed by atoms with Crippen molar-refractivity contribution < 1.29 is 4.92 Å². The lowest BCUT2D eigenvalue weighted by Crippen LogP contribution is -2.46. The van der Waals surface area contributed by atoms with Crippen molar-refractivity contribution in [3.05, 3.63) is 79.5 Å². The van der Waals surface area contributed by atoms with E-state index in [2.05, 4.69) is 11.4 Å². The maximum absolute atomic E-state index is 12.1. The van der Waals surface area contributed by atoms with Crippen LogP contribution in [0.4, 0.5) is 0 Å². The van der Waals surface area contributed by atoms with E-state index in [9.17, 15) is 15.4 Å². The number of hydrogen-bond donors (Lipinski definition) is 2. The van der Waals surface area contributed by atoms with Gasteiger partial charge in [0.25, 0.3) is 5.70 Å². The number of aryl methyl sites for hydroxylation is 1. The van der Waals surface area contributed by atoms with Gasteiger partial charge in [-0.25, -0.2) is 0 Å². The van der Waals surface area contributed by atoms with Crippen molar-refractivity contribution in [2.24, 2.45) is 5.73 Å². The summed E-state index contributed by atoms with van der Waals surface area (Å²) in [6, 6.07) is 11.6. The SMILES string of the molecule is Cc1ccc2cc(Cl)c(C3C(C#N)=C(N)N4CCCNC4=C3[N+](=O)[O-])cc2c1. The Hall–Kier alpha value is -3.24. The van der Waals surface area contributed by atoms with Crippen LogP contribution >= 0.6 is 11.6 Å². The second-order valence-electron chi connectivity index (χ2n) is 6.99. The molecule has 142 valence electrons. The molecule has 2 aromatic rings. The minimum absolute atomic E-state index is 0.0978. The summed E-state index contributed by atoms with van der Waals surface area (Å²) in [6.07, 6.45) is 0.772. The molecule has 2 aromatic carbocycles. The van der Waals surface area contributed by atoms with Crippen molar-refractivity contribution in [1.82, 2.24) is 10.2 Å². The average molecular weight is 396 g/mol. The van der Waals surface area contributed by atoms with Crippen LogP contribution in [0.1, 0.15) is 23.5 Å². The van der Waals surface area contributed by atoms with Crippen LogP contribution in [0, 0.1) is 28.4 Å². The molecule has 2 aliphatic rings. The Morgan fingerprint density at radius 2 is 2.14 bits per heavy atom. The largest absolute Gasteiger partial charge is 0.384 e. The van der Waals surface area contributed by atoms with Crippen LogP contribution < -0.4 is 11.1 Å². The van der Waals surface area contributed by atoms with E-state index >= 15 is 0 Å². The minimum atomic E-state index is -0.936. The predicted octanol–water partition coefficient (Wildman–Crippen LogP) is 3.33. The number of rotatable bonds is 2. The van der Waals surface area contributed by atoms with Gasteiger partial charge in [0, 0.05) is 18.1 Å². The van der Waals surface area contributed by atoms with E-state index in [1.165, 1.54) is 0 Å². The first-order chi connectivity index (χ1) is 13.4. The number of allylic oxidation sites excluding steroid dienone is 1. The second-order valence-corrected chi connectivity index (χ2v) is 7.40. The molecular formula is C20H18ClN5O2. The number of nitrogens with two attached hydrogens (primary N) is 1. The van der Waals surface area contributed by atoms with Gasteiger partial charge in [-0.1, -0.05) is 35.4 Å². The highest BCUT2D eigenvalue weighted by molar-refractivity contribution is 6.32. The highest BCUT2D eigenvalue weighted by Crippen LogP contribution is 2.44. The zero-order valence-electron chi connectivity index (χ0n) is 15.2. The van der Waals surface area contributed by atoms with E-state index in [1.807, 2.05) is 31.2 Å². The third-order valence-corrected chi connectivity index (χ3v) is 5.56. The number of nitro groups is 1. The first-order valence-electron chi connectivity index (χ1n) is 8.92. The van der Waals surface area contributed by atoms with Crippen molar-refractivity contribution in [1.29, 1.82) is 5.26 Å². The molecule has 1 atom stereocenters. The van der Waals surface area contributed by atoms with Gasteiger partial charge in [0.1, 0.15) is 11.7 Å². The minimum Gasteiger partial charge on any atom is -0.384 e. The molecule has 0 aliphatic carbocycles. The van der Waals surface area contributed by atoms with Gasteiger partial charge in [0.05, 0.1) is 16.6 Å². The fourth-order valence-corrected chi connectivity index (χ4v) is 4.21. The summed E-state index contributed by atoms with van der Waals surface area (Å²) in [6.45, 7) is 3.10. The molecule has 0 radical (unpaired) electrons. The van der Waals surface area contributed by atoms with Gasteiger partial charge in [-0.2, -0.15) is 5.26 Å². The number of nitrogens with zero attached hydrogens (tertiary/aromatic N) is 3. The zero-order chi connectivity index (χ0) is 20.0. The molecule has 1 fully saturated rings. The molecule has 3 N–H and O–H groups in total. The van der Waals surface area contributed by atoms with Gasteiger partial charge in [-0.05, 0) is 41.8 Å². The lowest BCUT2D eigenvalue weighted by molar-refractivity contribution is -0.432. The molecule has 4 rings (SSSR count). The third-order valence-electron chi connectivity index (χ3n) is 5.23. The topological polar surface area (TPSA) is 108 Å². The van der Waals surface area contributed by atoms with E-state index in [-0.39, 0.29) is 17.1 Å². The summed E-state index contributed by atoms with van der Waals surface area (Å²) in [4.78, 5) is 13.2. The number of nitriles is 1. The second kappa shape index (κ2) is 6.73.